The first-order valence-corrected chi connectivity index (χ1v) is 11.2. The van der Waals surface area contributed by atoms with E-state index in [0.717, 1.165) is 17.0 Å². The molecule has 0 radical (unpaired) electrons. The van der Waals surface area contributed by atoms with Crippen LogP contribution in [0.2, 0.25) is 0 Å². The lowest BCUT2D eigenvalue weighted by atomic mass is 10.1. The maximum atomic E-state index is 12.3. The monoisotopic (exact) mass is 483 g/mol. The highest BCUT2D eigenvalue weighted by atomic mass is 16.5. The molecule has 4 aromatic rings. The van der Waals surface area contributed by atoms with Gasteiger partial charge in [0.2, 0.25) is 0 Å². The van der Waals surface area contributed by atoms with Crippen molar-refractivity contribution >= 4 is 23.7 Å². The normalized spacial score (nSPS) is 10.7. The molecule has 0 saturated heterocycles. The first-order valence-electron chi connectivity index (χ1n) is 11.2. The molecule has 0 aliphatic rings. The summed E-state index contributed by atoms with van der Waals surface area (Å²) in [6.07, 6.45) is 3.25. The van der Waals surface area contributed by atoms with Crippen LogP contribution in [0.3, 0.4) is 0 Å². The molecule has 0 aliphatic heterocycles. The summed E-state index contributed by atoms with van der Waals surface area (Å²) in [5.41, 5.74) is 5.74. The predicted molar refractivity (Wildman–Crippen MR) is 138 cm³/mol. The zero-order chi connectivity index (χ0) is 25.3. The molecule has 0 spiro atoms. The number of methoxy groups -OCH3 is 1. The smallest absolute Gasteiger partial charge is 0.329 e. The third-order valence-corrected chi connectivity index (χ3v) is 5.13. The second-order valence-corrected chi connectivity index (χ2v) is 7.55. The molecule has 9 heteroatoms. The van der Waals surface area contributed by atoms with Crippen molar-refractivity contribution in [1.82, 2.24) is 15.2 Å². The fourth-order valence-corrected chi connectivity index (χ4v) is 3.37. The molecule has 0 bridgehead atoms. The minimum Gasteiger partial charge on any atom is -0.497 e. The number of aromatic nitrogens is 2. The van der Waals surface area contributed by atoms with Crippen molar-refractivity contribution in [2.75, 3.05) is 19.0 Å². The van der Waals surface area contributed by atoms with Gasteiger partial charge in [-0.25, -0.2) is 10.1 Å². The topological polar surface area (TPSA) is 107 Å². The van der Waals surface area contributed by atoms with Gasteiger partial charge in [0.25, 0.3) is 0 Å². The molecule has 9 nitrogen and oxygen atoms in total. The van der Waals surface area contributed by atoms with Gasteiger partial charge in [-0.2, -0.15) is 10.2 Å². The number of carbonyl (C=O) groups is 2. The quantitative estimate of drug-likeness (QED) is 0.224. The molecule has 3 aromatic carbocycles. The largest absolute Gasteiger partial charge is 0.497 e. The highest BCUT2D eigenvalue weighted by Crippen LogP contribution is 2.25. The lowest BCUT2D eigenvalue weighted by molar-refractivity contribution is -0.136. The third kappa shape index (κ3) is 5.95. The van der Waals surface area contributed by atoms with Gasteiger partial charge in [-0.05, 0) is 67.6 Å². The van der Waals surface area contributed by atoms with Crippen molar-refractivity contribution in [1.29, 1.82) is 0 Å². The van der Waals surface area contributed by atoms with Crippen LogP contribution >= 0.6 is 0 Å². The van der Waals surface area contributed by atoms with E-state index in [4.69, 9.17) is 14.6 Å². The second-order valence-electron chi connectivity index (χ2n) is 7.55. The lowest BCUT2D eigenvalue weighted by Gasteiger charge is -2.06. The van der Waals surface area contributed by atoms with Crippen LogP contribution in [0.4, 0.5) is 5.69 Å². The number of hydrogen-bond acceptors (Lipinski definition) is 6. The Morgan fingerprint density at radius 1 is 0.944 bits per heavy atom. The molecule has 36 heavy (non-hydrogen) atoms. The molecule has 0 saturated carbocycles. The molecule has 4 rings (SSSR count). The van der Waals surface area contributed by atoms with Gasteiger partial charge in [-0.15, -0.1) is 0 Å². The molecule has 0 aliphatic carbocycles. The number of hydrogen-bond donors (Lipinski definition) is 2. The summed E-state index contributed by atoms with van der Waals surface area (Å²) in [4.78, 5) is 24.5. The van der Waals surface area contributed by atoms with E-state index in [1.165, 1.54) is 6.21 Å². The highest BCUT2D eigenvalue weighted by Gasteiger charge is 2.14. The van der Waals surface area contributed by atoms with Crippen LogP contribution in [-0.4, -0.2) is 41.5 Å². The fraction of sp³-hybridized carbons (Fsp3) is 0.111. The molecular weight excluding hydrogens is 458 g/mol. The molecule has 1 aromatic heterocycles. The summed E-state index contributed by atoms with van der Waals surface area (Å²) in [5.74, 6) is -0.344. The van der Waals surface area contributed by atoms with Gasteiger partial charge >= 0.3 is 11.8 Å². The van der Waals surface area contributed by atoms with E-state index in [2.05, 4.69) is 15.8 Å². The number of nitrogens with zero attached hydrogens (tertiary/aromatic N) is 3. The Kier molecular flexibility index (Phi) is 7.72. The van der Waals surface area contributed by atoms with Crippen LogP contribution in [0.5, 0.6) is 11.5 Å². The van der Waals surface area contributed by atoms with Crippen molar-refractivity contribution in [2.24, 2.45) is 5.10 Å². The van der Waals surface area contributed by atoms with Crippen LogP contribution in [-0.2, 0) is 9.59 Å². The van der Waals surface area contributed by atoms with Crippen LogP contribution < -0.4 is 20.2 Å². The Hall–Kier alpha value is -4.92. The molecule has 2 N–H and O–H groups in total. The van der Waals surface area contributed by atoms with Crippen molar-refractivity contribution in [2.45, 2.75) is 6.92 Å². The number of anilines is 1. The van der Waals surface area contributed by atoms with Crippen molar-refractivity contribution in [3.05, 3.63) is 90.6 Å². The van der Waals surface area contributed by atoms with Gasteiger partial charge in [0, 0.05) is 23.0 Å². The SMILES string of the molecule is CCOc1ccc(NC(=O)C(=O)N/N=C/c2cn(-c3ccccc3)nc2-c2ccc(OC)cc2)cc1. The summed E-state index contributed by atoms with van der Waals surface area (Å²) in [6.45, 7) is 2.42. The average Bonchev–Trinajstić information content (AvgIpc) is 3.34. The molecule has 1 heterocycles. The van der Waals surface area contributed by atoms with E-state index >= 15 is 0 Å². The first-order chi connectivity index (χ1) is 17.6. The van der Waals surface area contributed by atoms with Gasteiger partial charge < -0.3 is 14.8 Å². The fourth-order valence-electron chi connectivity index (χ4n) is 3.37. The zero-order valence-corrected chi connectivity index (χ0v) is 19.8. The minimum absolute atomic E-state index is 0.466. The molecule has 0 atom stereocenters. The molecule has 182 valence electrons. The summed E-state index contributed by atoms with van der Waals surface area (Å²) in [6, 6.07) is 23.8. The van der Waals surface area contributed by atoms with E-state index in [1.807, 2.05) is 61.5 Å². The Morgan fingerprint density at radius 3 is 2.31 bits per heavy atom. The summed E-state index contributed by atoms with van der Waals surface area (Å²) >= 11 is 0. The number of hydrazone groups is 1. The molecule has 0 unspecified atom stereocenters. The number of ether oxygens (including phenoxy) is 2. The first kappa shape index (κ1) is 24.2. The van der Waals surface area contributed by atoms with E-state index in [0.29, 0.717) is 29.3 Å². The van der Waals surface area contributed by atoms with Crippen LogP contribution in [0.25, 0.3) is 16.9 Å². The van der Waals surface area contributed by atoms with Gasteiger partial charge in [-0.3, -0.25) is 9.59 Å². The minimum atomic E-state index is -0.901. The van der Waals surface area contributed by atoms with Gasteiger partial charge in [0.1, 0.15) is 17.2 Å². The summed E-state index contributed by atoms with van der Waals surface area (Å²) in [7, 11) is 1.60. The molecule has 2 amide bonds. The van der Waals surface area contributed by atoms with E-state index in [-0.39, 0.29) is 0 Å². The Labute approximate surface area is 208 Å². The number of carbonyl (C=O) groups excluding carboxylic acids is 2. The van der Waals surface area contributed by atoms with Crippen LogP contribution in [0.1, 0.15) is 12.5 Å². The summed E-state index contributed by atoms with van der Waals surface area (Å²) < 4.78 is 12.3. The lowest BCUT2D eigenvalue weighted by Crippen LogP contribution is -2.32. The Morgan fingerprint density at radius 2 is 1.64 bits per heavy atom. The van der Waals surface area contributed by atoms with E-state index < -0.39 is 11.8 Å². The van der Waals surface area contributed by atoms with Crippen molar-refractivity contribution in [3.8, 4) is 28.4 Å². The third-order valence-electron chi connectivity index (χ3n) is 5.13. The standard InChI is InChI=1S/C27H25N5O4/c1-3-36-24-15-11-21(12-16-24)29-26(33)27(34)30-28-17-20-18-32(22-7-5-4-6-8-22)31-25(20)19-9-13-23(35-2)14-10-19/h4-18H,3H2,1-2H3,(H,29,33)(H,30,34)/b28-17+. The van der Waals surface area contributed by atoms with Crippen LogP contribution in [0.15, 0.2) is 90.2 Å². The van der Waals surface area contributed by atoms with Gasteiger partial charge in [0.15, 0.2) is 0 Å². The number of benzene rings is 3. The van der Waals surface area contributed by atoms with E-state index in [1.54, 1.807) is 42.3 Å². The number of nitrogens with one attached hydrogen (secondary N) is 2. The average molecular weight is 484 g/mol. The maximum absolute atomic E-state index is 12.3. The maximum Gasteiger partial charge on any atom is 0.329 e. The van der Waals surface area contributed by atoms with Crippen molar-refractivity contribution < 1.29 is 19.1 Å². The highest BCUT2D eigenvalue weighted by molar-refractivity contribution is 6.39. The van der Waals surface area contributed by atoms with E-state index in [9.17, 15) is 9.59 Å². The summed E-state index contributed by atoms with van der Waals surface area (Å²) in [5, 5.41) is 11.2. The zero-order valence-electron chi connectivity index (χ0n) is 19.8. The molecule has 0 fully saturated rings. The van der Waals surface area contributed by atoms with Gasteiger partial charge in [0.05, 0.1) is 25.6 Å². The van der Waals surface area contributed by atoms with Gasteiger partial charge in [-0.1, -0.05) is 18.2 Å². The van der Waals surface area contributed by atoms with Crippen molar-refractivity contribution in [3.63, 3.8) is 0 Å². The molecular formula is C27H25N5O4. The Bertz CT molecular complexity index is 1350. The van der Waals surface area contributed by atoms with Crippen LogP contribution in [0, 0.1) is 0 Å². The Balaban J connectivity index is 1.49. The predicted octanol–water partition coefficient (Wildman–Crippen LogP) is 4.04. The number of para-hydroxylation sites is 1. The number of rotatable bonds is 8. The number of amides is 2. The second kappa shape index (κ2) is 11.5.